The third kappa shape index (κ3) is 7.94. The molecule has 38 heavy (non-hydrogen) atoms. The quantitative estimate of drug-likeness (QED) is 0.160. The molecule has 5 N–H and O–H groups in total. The molecule has 198 valence electrons. The SMILES string of the molecule is CC(=O)c1ccc(NC(=O)O[C@H](c2ccccc2OCCO)[C@H](C)/C=C/C(=O)Nc2ccccc2N)cc1. The summed E-state index contributed by atoms with van der Waals surface area (Å²) in [5.74, 6) is -0.503. The Morgan fingerprint density at radius 1 is 0.974 bits per heavy atom. The van der Waals surface area contributed by atoms with E-state index in [9.17, 15) is 19.5 Å². The first-order valence-electron chi connectivity index (χ1n) is 12.0. The van der Waals surface area contributed by atoms with E-state index in [4.69, 9.17) is 15.2 Å². The fourth-order valence-corrected chi connectivity index (χ4v) is 3.63. The van der Waals surface area contributed by atoms with Crippen molar-refractivity contribution < 1.29 is 29.0 Å². The topological polar surface area (TPSA) is 140 Å². The number of benzene rings is 3. The van der Waals surface area contributed by atoms with E-state index in [0.29, 0.717) is 33.9 Å². The lowest BCUT2D eigenvalue weighted by Crippen LogP contribution is -2.22. The Labute approximate surface area is 221 Å². The lowest BCUT2D eigenvalue weighted by molar-refractivity contribution is -0.111. The minimum Gasteiger partial charge on any atom is -0.491 e. The lowest BCUT2D eigenvalue weighted by Gasteiger charge is -2.25. The summed E-state index contributed by atoms with van der Waals surface area (Å²) < 4.78 is 11.5. The van der Waals surface area contributed by atoms with E-state index in [0.717, 1.165) is 0 Å². The standard InChI is InChI=1S/C29H31N3O6/c1-19(11-16-27(35)32-25-9-5-4-8-24(25)30)28(23-7-3-6-10-26(23)37-18-17-33)38-29(36)31-22-14-12-21(13-15-22)20(2)34/h3-16,19,28,33H,17-18,30H2,1-2H3,(H,31,36)(H,32,35)/b16-11+/t19-,28+/m1/s1. The summed E-state index contributed by atoms with van der Waals surface area (Å²) >= 11 is 0. The number of hydrogen-bond donors (Lipinski definition) is 4. The Bertz CT molecular complexity index is 1290. The zero-order valence-corrected chi connectivity index (χ0v) is 21.2. The van der Waals surface area contributed by atoms with Crippen molar-refractivity contribution in [1.29, 1.82) is 0 Å². The molecule has 0 bridgehead atoms. The summed E-state index contributed by atoms with van der Waals surface area (Å²) in [6.07, 6.45) is 1.40. The second kappa shape index (κ2) is 13.6. The predicted octanol–water partition coefficient (Wildman–Crippen LogP) is 4.96. The van der Waals surface area contributed by atoms with Gasteiger partial charge in [-0.15, -0.1) is 0 Å². The van der Waals surface area contributed by atoms with Crippen LogP contribution in [0.15, 0.2) is 84.9 Å². The number of anilines is 3. The van der Waals surface area contributed by atoms with Crippen molar-refractivity contribution in [3.05, 3.63) is 96.1 Å². The van der Waals surface area contributed by atoms with Crippen LogP contribution < -0.4 is 21.1 Å². The first-order valence-corrected chi connectivity index (χ1v) is 12.0. The number of nitrogens with two attached hydrogens (primary N) is 1. The van der Waals surface area contributed by atoms with Crippen LogP contribution in [0, 0.1) is 5.92 Å². The zero-order chi connectivity index (χ0) is 27.5. The number of ether oxygens (including phenoxy) is 2. The summed E-state index contributed by atoms with van der Waals surface area (Å²) in [4.78, 5) is 36.9. The highest BCUT2D eigenvalue weighted by Crippen LogP contribution is 2.34. The molecule has 3 aromatic carbocycles. The van der Waals surface area contributed by atoms with Gasteiger partial charge in [-0.05, 0) is 55.5 Å². The lowest BCUT2D eigenvalue weighted by atomic mass is 9.95. The van der Waals surface area contributed by atoms with Crippen LogP contribution in [0.25, 0.3) is 0 Å². The van der Waals surface area contributed by atoms with Crippen molar-refractivity contribution in [3.8, 4) is 5.75 Å². The van der Waals surface area contributed by atoms with E-state index in [1.807, 2.05) is 0 Å². The molecule has 0 fully saturated rings. The molecule has 0 aliphatic rings. The van der Waals surface area contributed by atoms with Crippen LogP contribution in [0.1, 0.15) is 35.9 Å². The molecule has 3 rings (SSSR count). The zero-order valence-electron chi connectivity index (χ0n) is 21.2. The molecule has 0 unspecified atom stereocenters. The number of aliphatic hydroxyl groups is 1. The number of rotatable bonds is 11. The van der Waals surface area contributed by atoms with E-state index < -0.39 is 24.0 Å². The normalized spacial score (nSPS) is 12.4. The third-order valence-corrected chi connectivity index (χ3v) is 5.59. The summed E-state index contributed by atoms with van der Waals surface area (Å²) in [6, 6.07) is 20.3. The fourth-order valence-electron chi connectivity index (χ4n) is 3.63. The van der Waals surface area contributed by atoms with Crippen molar-refractivity contribution in [2.45, 2.75) is 20.0 Å². The van der Waals surface area contributed by atoms with Gasteiger partial charge < -0.3 is 25.6 Å². The molecule has 0 radical (unpaired) electrons. The van der Waals surface area contributed by atoms with Gasteiger partial charge in [0.1, 0.15) is 18.5 Å². The van der Waals surface area contributed by atoms with Crippen LogP contribution >= 0.6 is 0 Å². The van der Waals surface area contributed by atoms with Gasteiger partial charge in [-0.1, -0.05) is 43.3 Å². The van der Waals surface area contributed by atoms with Crippen LogP contribution in [0.5, 0.6) is 5.75 Å². The molecule has 0 heterocycles. The largest absolute Gasteiger partial charge is 0.491 e. The average molecular weight is 518 g/mol. The second-order valence-electron chi connectivity index (χ2n) is 8.49. The van der Waals surface area contributed by atoms with Crippen molar-refractivity contribution in [2.75, 3.05) is 29.6 Å². The number of ketones is 1. The fraction of sp³-hybridized carbons (Fsp3) is 0.207. The van der Waals surface area contributed by atoms with E-state index >= 15 is 0 Å². The first-order chi connectivity index (χ1) is 18.3. The Morgan fingerprint density at radius 2 is 1.66 bits per heavy atom. The van der Waals surface area contributed by atoms with Crippen LogP contribution in [0.2, 0.25) is 0 Å². The number of amides is 2. The maximum atomic E-state index is 12.9. The number of carbonyl (C=O) groups is 3. The molecule has 0 spiro atoms. The molecule has 0 aliphatic carbocycles. The predicted molar refractivity (Wildman–Crippen MR) is 146 cm³/mol. The van der Waals surface area contributed by atoms with E-state index in [2.05, 4.69) is 10.6 Å². The van der Waals surface area contributed by atoms with Gasteiger partial charge in [0.25, 0.3) is 0 Å². The highest BCUT2D eigenvalue weighted by molar-refractivity contribution is 6.01. The average Bonchev–Trinajstić information content (AvgIpc) is 2.91. The number of aliphatic hydroxyl groups excluding tert-OH is 1. The summed E-state index contributed by atoms with van der Waals surface area (Å²) in [7, 11) is 0. The highest BCUT2D eigenvalue weighted by atomic mass is 16.6. The number of Topliss-reactive ketones (excluding diaryl/α,β-unsaturated/α-hetero) is 1. The molecule has 2 amide bonds. The Hall–Kier alpha value is -4.63. The van der Waals surface area contributed by atoms with Gasteiger partial charge in [0.05, 0.1) is 18.0 Å². The molecular weight excluding hydrogens is 486 g/mol. The van der Waals surface area contributed by atoms with E-state index in [-0.39, 0.29) is 19.0 Å². The smallest absolute Gasteiger partial charge is 0.412 e. The molecule has 3 aromatic rings. The van der Waals surface area contributed by atoms with Gasteiger partial charge in [-0.25, -0.2) is 4.79 Å². The van der Waals surface area contributed by atoms with Crippen molar-refractivity contribution in [1.82, 2.24) is 0 Å². The van der Waals surface area contributed by atoms with Crippen LogP contribution in [0.3, 0.4) is 0 Å². The minimum atomic E-state index is -0.841. The molecule has 9 nitrogen and oxygen atoms in total. The summed E-state index contributed by atoms with van der Waals surface area (Å²) in [6.45, 7) is 3.13. The summed E-state index contributed by atoms with van der Waals surface area (Å²) in [5.41, 5.74) is 8.35. The first kappa shape index (κ1) is 27.9. The van der Waals surface area contributed by atoms with Gasteiger partial charge in [0, 0.05) is 22.7 Å². The van der Waals surface area contributed by atoms with Crippen LogP contribution in [-0.2, 0) is 9.53 Å². The number of nitrogens with one attached hydrogen (secondary N) is 2. The van der Waals surface area contributed by atoms with Crippen LogP contribution in [-0.4, -0.2) is 36.1 Å². The number of hydrogen-bond acceptors (Lipinski definition) is 7. The van der Waals surface area contributed by atoms with Gasteiger partial charge in [-0.2, -0.15) is 0 Å². The Morgan fingerprint density at radius 3 is 2.34 bits per heavy atom. The van der Waals surface area contributed by atoms with Crippen molar-refractivity contribution in [2.24, 2.45) is 5.92 Å². The monoisotopic (exact) mass is 517 g/mol. The maximum Gasteiger partial charge on any atom is 0.412 e. The van der Waals surface area contributed by atoms with Crippen molar-refractivity contribution >= 4 is 34.8 Å². The van der Waals surface area contributed by atoms with Gasteiger partial charge in [0.2, 0.25) is 5.91 Å². The van der Waals surface area contributed by atoms with Crippen LogP contribution in [0.4, 0.5) is 21.9 Å². The highest BCUT2D eigenvalue weighted by Gasteiger charge is 2.26. The number of nitrogen functional groups attached to an aromatic ring is 1. The maximum absolute atomic E-state index is 12.9. The van der Waals surface area contributed by atoms with Gasteiger partial charge in [0.15, 0.2) is 5.78 Å². The molecular formula is C29H31N3O6. The number of carbonyl (C=O) groups excluding carboxylic acids is 3. The molecule has 0 aliphatic heterocycles. The summed E-state index contributed by atoms with van der Waals surface area (Å²) in [5, 5.41) is 14.6. The molecule has 0 saturated carbocycles. The molecule has 9 heteroatoms. The molecule has 2 atom stereocenters. The Balaban J connectivity index is 1.80. The molecule has 0 aromatic heterocycles. The van der Waals surface area contributed by atoms with Crippen molar-refractivity contribution in [3.63, 3.8) is 0 Å². The Kier molecular flexibility index (Phi) is 10.0. The molecule has 0 saturated heterocycles. The van der Waals surface area contributed by atoms with E-state index in [1.165, 1.54) is 13.0 Å². The second-order valence-corrected chi connectivity index (χ2v) is 8.49. The van der Waals surface area contributed by atoms with Gasteiger partial charge >= 0.3 is 6.09 Å². The van der Waals surface area contributed by atoms with Gasteiger partial charge in [-0.3, -0.25) is 14.9 Å². The van der Waals surface area contributed by atoms with E-state index in [1.54, 1.807) is 85.8 Å². The minimum absolute atomic E-state index is 0.0591. The number of para-hydroxylation sites is 3. The third-order valence-electron chi connectivity index (χ3n) is 5.59.